The van der Waals surface area contributed by atoms with Crippen molar-refractivity contribution in [3.05, 3.63) is 41.7 Å². The van der Waals surface area contributed by atoms with E-state index >= 15 is 0 Å². The van der Waals surface area contributed by atoms with Crippen molar-refractivity contribution in [2.45, 2.75) is 12.8 Å². The second-order valence-corrected chi connectivity index (χ2v) is 7.63. The topological polar surface area (TPSA) is 92.3 Å². The van der Waals surface area contributed by atoms with Crippen LogP contribution in [0.1, 0.15) is 18.4 Å². The Hall–Kier alpha value is -2.22. The number of hydrogen-bond acceptors (Lipinski definition) is 4. The zero-order valence-electron chi connectivity index (χ0n) is 12.3. The third-order valence-electron chi connectivity index (χ3n) is 3.40. The zero-order chi connectivity index (χ0) is 16.9. The van der Waals surface area contributed by atoms with Crippen LogP contribution in [-0.2, 0) is 19.4 Å². The van der Waals surface area contributed by atoms with Crippen molar-refractivity contribution >= 4 is 27.7 Å². The summed E-state index contributed by atoms with van der Waals surface area (Å²) in [4.78, 5) is 23.2. The Morgan fingerprint density at radius 3 is 2.74 bits per heavy atom. The summed E-state index contributed by atoms with van der Waals surface area (Å²) in [5.74, 6) is -1.52. The summed E-state index contributed by atoms with van der Waals surface area (Å²) >= 11 is 0. The first kappa shape index (κ1) is 17.1. The van der Waals surface area contributed by atoms with E-state index in [0.717, 1.165) is 6.08 Å². The van der Waals surface area contributed by atoms with Crippen LogP contribution in [0.3, 0.4) is 0 Å². The van der Waals surface area contributed by atoms with E-state index in [2.05, 4.69) is 10.9 Å². The average Bonchev–Trinajstić information content (AvgIpc) is 2.82. The van der Waals surface area contributed by atoms with Gasteiger partial charge in [0.05, 0.1) is 11.5 Å². The van der Waals surface area contributed by atoms with Crippen molar-refractivity contribution in [2.75, 3.05) is 11.5 Å². The van der Waals surface area contributed by atoms with Gasteiger partial charge in [-0.05, 0) is 36.1 Å². The summed E-state index contributed by atoms with van der Waals surface area (Å²) < 4.78 is 35.5. The Kier molecular flexibility index (Phi) is 5.49. The van der Waals surface area contributed by atoms with Crippen LogP contribution in [0.4, 0.5) is 4.39 Å². The Bertz CT molecular complexity index is 731. The van der Waals surface area contributed by atoms with Gasteiger partial charge in [-0.15, -0.1) is 0 Å². The summed E-state index contributed by atoms with van der Waals surface area (Å²) in [6.07, 6.45) is 3.08. The summed E-state index contributed by atoms with van der Waals surface area (Å²) in [6, 6.07) is 5.71. The van der Waals surface area contributed by atoms with Gasteiger partial charge in [0.25, 0.3) is 5.91 Å². The average molecular weight is 340 g/mol. The van der Waals surface area contributed by atoms with Gasteiger partial charge in [0.2, 0.25) is 5.91 Å². The minimum absolute atomic E-state index is 0.00778. The molecule has 1 heterocycles. The molecule has 1 aromatic rings. The van der Waals surface area contributed by atoms with Gasteiger partial charge in [-0.25, -0.2) is 12.8 Å². The van der Waals surface area contributed by atoms with E-state index in [9.17, 15) is 22.4 Å². The highest BCUT2D eigenvalue weighted by molar-refractivity contribution is 7.91. The van der Waals surface area contributed by atoms with Gasteiger partial charge >= 0.3 is 0 Å². The maximum Gasteiger partial charge on any atom is 0.262 e. The second-order valence-electron chi connectivity index (χ2n) is 5.40. The van der Waals surface area contributed by atoms with E-state index in [-0.39, 0.29) is 23.8 Å². The largest absolute Gasteiger partial charge is 0.273 e. The molecule has 1 saturated heterocycles. The lowest BCUT2D eigenvalue weighted by Crippen LogP contribution is -2.41. The third-order valence-corrected chi connectivity index (χ3v) is 5.24. The van der Waals surface area contributed by atoms with Gasteiger partial charge < -0.3 is 0 Å². The van der Waals surface area contributed by atoms with Crippen molar-refractivity contribution in [3.63, 3.8) is 0 Å². The maximum atomic E-state index is 13.0. The molecular formula is C15H17FN2O4S. The summed E-state index contributed by atoms with van der Waals surface area (Å²) in [5.41, 5.74) is 4.94. The number of hydrogen-bond donors (Lipinski definition) is 2. The lowest BCUT2D eigenvalue weighted by Gasteiger charge is -2.08. The number of nitrogens with one attached hydrogen (secondary N) is 2. The Morgan fingerprint density at radius 1 is 1.30 bits per heavy atom. The molecule has 2 amide bonds. The zero-order valence-corrected chi connectivity index (χ0v) is 13.1. The number of halogens is 1. The first-order valence-electron chi connectivity index (χ1n) is 7.07. The van der Waals surface area contributed by atoms with E-state index in [1.54, 1.807) is 6.07 Å². The van der Waals surface area contributed by atoms with E-state index < -0.39 is 27.5 Å². The van der Waals surface area contributed by atoms with Crippen molar-refractivity contribution in [1.82, 2.24) is 10.9 Å². The van der Waals surface area contributed by atoms with E-state index in [0.29, 0.717) is 12.0 Å². The normalized spacial score (nSPS) is 19.6. The molecule has 0 radical (unpaired) electrons. The van der Waals surface area contributed by atoms with Crippen molar-refractivity contribution in [2.24, 2.45) is 5.92 Å². The quantitative estimate of drug-likeness (QED) is 0.627. The molecule has 1 aliphatic rings. The number of benzene rings is 1. The van der Waals surface area contributed by atoms with Crippen LogP contribution in [0.25, 0.3) is 6.08 Å². The molecule has 1 aliphatic heterocycles. The molecule has 0 unspecified atom stereocenters. The van der Waals surface area contributed by atoms with Crippen LogP contribution < -0.4 is 10.9 Å². The summed E-state index contributed by atoms with van der Waals surface area (Å²) in [7, 11) is -3.02. The summed E-state index contributed by atoms with van der Waals surface area (Å²) in [6.45, 7) is 0. The van der Waals surface area contributed by atoms with Crippen molar-refractivity contribution in [1.29, 1.82) is 0 Å². The molecule has 8 heteroatoms. The monoisotopic (exact) mass is 340 g/mol. The predicted octanol–water partition coefficient (Wildman–Crippen LogP) is 0.811. The van der Waals surface area contributed by atoms with Crippen LogP contribution in [0.2, 0.25) is 0 Å². The molecular weight excluding hydrogens is 323 g/mol. The fourth-order valence-electron chi connectivity index (χ4n) is 2.30. The standard InChI is InChI=1S/C15H17FN2O4S/c16-13-3-1-2-11(8-13)4-5-14(19)17-18-15(20)9-12-6-7-23(21,22)10-12/h1-5,8,12H,6-7,9-10H2,(H,17,19)(H,18,20)/b5-4+/t12-/m0/s1. The molecule has 0 aromatic heterocycles. The number of amides is 2. The van der Waals surface area contributed by atoms with Gasteiger partial charge in [0.1, 0.15) is 5.82 Å². The number of rotatable bonds is 4. The Labute approximate surface area is 133 Å². The van der Waals surface area contributed by atoms with Gasteiger partial charge in [0, 0.05) is 12.5 Å². The predicted molar refractivity (Wildman–Crippen MR) is 83.1 cm³/mol. The summed E-state index contributed by atoms with van der Waals surface area (Å²) in [5, 5.41) is 0. The molecule has 0 aliphatic carbocycles. The number of sulfone groups is 1. The first-order chi connectivity index (χ1) is 10.8. The van der Waals surface area contributed by atoms with Crippen molar-refractivity contribution < 1.29 is 22.4 Å². The molecule has 0 spiro atoms. The van der Waals surface area contributed by atoms with Gasteiger partial charge in [-0.2, -0.15) is 0 Å². The van der Waals surface area contributed by atoms with Crippen molar-refractivity contribution in [3.8, 4) is 0 Å². The van der Waals surface area contributed by atoms with E-state index in [1.807, 2.05) is 0 Å². The number of carbonyl (C=O) groups is 2. The molecule has 0 bridgehead atoms. The smallest absolute Gasteiger partial charge is 0.262 e. The lowest BCUT2D eigenvalue weighted by molar-refractivity contribution is -0.127. The highest BCUT2D eigenvalue weighted by atomic mass is 32.2. The lowest BCUT2D eigenvalue weighted by atomic mass is 10.1. The molecule has 124 valence electrons. The van der Waals surface area contributed by atoms with Crippen LogP contribution in [0.5, 0.6) is 0 Å². The number of carbonyl (C=O) groups excluding carboxylic acids is 2. The van der Waals surface area contributed by atoms with Gasteiger partial charge in [0.15, 0.2) is 9.84 Å². The molecule has 0 saturated carbocycles. The van der Waals surface area contributed by atoms with Gasteiger partial charge in [-0.3, -0.25) is 20.4 Å². The fraction of sp³-hybridized carbons (Fsp3) is 0.333. The minimum atomic E-state index is -3.02. The van der Waals surface area contributed by atoms with Gasteiger partial charge in [-0.1, -0.05) is 12.1 Å². The SMILES string of the molecule is O=C(/C=C/c1cccc(F)c1)NNC(=O)C[C@@H]1CCS(=O)(=O)C1. The minimum Gasteiger partial charge on any atom is -0.273 e. The molecule has 2 N–H and O–H groups in total. The first-order valence-corrected chi connectivity index (χ1v) is 8.89. The van der Waals surface area contributed by atoms with E-state index in [4.69, 9.17) is 0 Å². The fourth-order valence-corrected chi connectivity index (χ4v) is 4.16. The van der Waals surface area contributed by atoms with E-state index in [1.165, 1.54) is 24.3 Å². The van der Waals surface area contributed by atoms with Crippen LogP contribution >= 0.6 is 0 Å². The molecule has 1 atom stereocenters. The number of hydrazine groups is 1. The maximum absolute atomic E-state index is 13.0. The highest BCUT2D eigenvalue weighted by Crippen LogP contribution is 2.21. The third kappa shape index (κ3) is 5.82. The second kappa shape index (κ2) is 7.36. The molecule has 1 aromatic carbocycles. The van der Waals surface area contributed by atoms with Crippen LogP contribution in [0.15, 0.2) is 30.3 Å². The highest BCUT2D eigenvalue weighted by Gasteiger charge is 2.29. The Balaban J connectivity index is 1.75. The Morgan fingerprint density at radius 2 is 2.09 bits per heavy atom. The molecule has 1 fully saturated rings. The van der Waals surface area contributed by atoms with Crippen LogP contribution in [0, 0.1) is 11.7 Å². The van der Waals surface area contributed by atoms with Crippen LogP contribution in [-0.4, -0.2) is 31.7 Å². The molecule has 2 rings (SSSR count). The molecule has 23 heavy (non-hydrogen) atoms. The molecule has 6 nitrogen and oxygen atoms in total.